The molecule has 0 aliphatic heterocycles. The standard InChI is InChI=1S/3FH.W/h3*1H;. The predicted molar refractivity (Wildman–Crippen MR) is 7.51 cm³/mol. The Bertz CT molecular complexity index is 3.25. The quantitative estimate of drug-likeness (QED) is 0.580. The van der Waals surface area contributed by atoms with E-state index in [1.807, 2.05) is 0 Å². The van der Waals surface area contributed by atoms with Crippen molar-refractivity contribution in [3.8, 4) is 0 Å². The number of hydrogen-bond acceptors (Lipinski definition) is 0. The van der Waals surface area contributed by atoms with E-state index in [9.17, 15) is 0 Å². The molecule has 4 heavy (non-hydrogen) atoms. The SMILES string of the molecule is F.F.F.[W]. The van der Waals surface area contributed by atoms with Crippen LogP contribution in [0.5, 0.6) is 0 Å². The van der Waals surface area contributed by atoms with Crippen LogP contribution in [0.25, 0.3) is 0 Å². The van der Waals surface area contributed by atoms with Gasteiger partial charge >= 0.3 is 0 Å². The number of hydrogen-bond donors (Lipinski definition) is 0. The Morgan fingerprint density at radius 1 is 0.500 bits per heavy atom. The second kappa shape index (κ2) is 93.4. The second-order valence-corrected chi connectivity index (χ2v) is 0. The summed E-state index contributed by atoms with van der Waals surface area (Å²) in [7, 11) is 0. The van der Waals surface area contributed by atoms with Gasteiger partial charge in [0.15, 0.2) is 0 Å². The summed E-state index contributed by atoms with van der Waals surface area (Å²) in [5.41, 5.74) is 0. The van der Waals surface area contributed by atoms with Crippen LogP contribution >= 0.6 is 0 Å². The molecule has 0 aliphatic carbocycles. The summed E-state index contributed by atoms with van der Waals surface area (Å²) in [6.45, 7) is 0. The molecule has 0 saturated heterocycles. The molecule has 0 aliphatic rings. The predicted octanol–water partition coefficient (Wildman–Crippen LogP) is 0.455. The average molecular weight is 244 g/mol. The van der Waals surface area contributed by atoms with Gasteiger partial charge in [-0.15, -0.1) is 0 Å². The van der Waals surface area contributed by atoms with E-state index in [1.54, 1.807) is 0 Å². The molecule has 0 amide bonds. The second-order valence-electron chi connectivity index (χ2n) is 0. The van der Waals surface area contributed by atoms with Gasteiger partial charge in [0.1, 0.15) is 0 Å². The molecule has 0 N–H and O–H groups in total. The molecule has 0 aromatic heterocycles. The van der Waals surface area contributed by atoms with Gasteiger partial charge in [-0.05, 0) is 0 Å². The summed E-state index contributed by atoms with van der Waals surface area (Å²) in [6.07, 6.45) is 0. The molecular weight excluding hydrogens is 241 g/mol. The topological polar surface area (TPSA) is 0 Å². The zero-order chi connectivity index (χ0) is 0. The fourth-order valence-corrected chi connectivity index (χ4v) is 0. The summed E-state index contributed by atoms with van der Waals surface area (Å²) < 4.78 is 0. The van der Waals surface area contributed by atoms with Crippen LogP contribution in [0.3, 0.4) is 0 Å². The van der Waals surface area contributed by atoms with Crippen LogP contribution in [0.15, 0.2) is 0 Å². The van der Waals surface area contributed by atoms with E-state index in [4.69, 9.17) is 0 Å². The van der Waals surface area contributed by atoms with Crippen molar-refractivity contribution in [2.75, 3.05) is 0 Å². The Balaban J connectivity index is 0. The van der Waals surface area contributed by atoms with Crippen molar-refractivity contribution in [2.24, 2.45) is 0 Å². The first kappa shape index (κ1) is 237. The van der Waals surface area contributed by atoms with E-state index < -0.39 is 0 Å². The Labute approximate surface area is 35.9 Å². The van der Waals surface area contributed by atoms with Crippen LogP contribution in [-0.2, 0) is 21.1 Å². The molecule has 4 heteroatoms. The van der Waals surface area contributed by atoms with Crippen molar-refractivity contribution in [3.63, 3.8) is 0 Å². The third kappa shape index (κ3) is 23.7. The van der Waals surface area contributed by atoms with Crippen LogP contribution in [0, 0.1) is 0 Å². The first-order valence-electron chi connectivity index (χ1n) is 0. The summed E-state index contributed by atoms with van der Waals surface area (Å²) in [4.78, 5) is 0. The molecular formula is H3F3W. The largest absolute Gasteiger partial charge is 0.269 e. The monoisotopic (exact) mass is 244 g/mol. The van der Waals surface area contributed by atoms with Crippen LogP contribution in [-0.4, -0.2) is 0 Å². The van der Waals surface area contributed by atoms with Crippen molar-refractivity contribution >= 4 is 0 Å². The summed E-state index contributed by atoms with van der Waals surface area (Å²) >= 11 is 0. The van der Waals surface area contributed by atoms with Crippen molar-refractivity contribution in [1.29, 1.82) is 0 Å². The van der Waals surface area contributed by atoms with Gasteiger partial charge in [-0.1, -0.05) is 0 Å². The maximum absolute atomic E-state index is 0. The van der Waals surface area contributed by atoms with Gasteiger partial charge in [-0.25, -0.2) is 0 Å². The van der Waals surface area contributed by atoms with Crippen LogP contribution in [0.1, 0.15) is 0 Å². The van der Waals surface area contributed by atoms with Gasteiger partial charge in [0.2, 0.25) is 0 Å². The molecule has 0 rings (SSSR count). The van der Waals surface area contributed by atoms with Gasteiger partial charge in [-0.3, -0.25) is 14.1 Å². The van der Waals surface area contributed by atoms with E-state index in [-0.39, 0.29) is 35.2 Å². The molecule has 0 heterocycles. The minimum atomic E-state index is 0. The van der Waals surface area contributed by atoms with Crippen LogP contribution in [0.2, 0.25) is 0 Å². The summed E-state index contributed by atoms with van der Waals surface area (Å²) in [5, 5.41) is 0. The molecule has 0 bridgehead atoms. The van der Waals surface area contributed by atoms with Crippen LogP contribution < -0.4 is 0 Å². The number of halogens is 3. The molecule has 0 nitrogen and oxygen atoms in total. The van der Waals surface area contributed by atoms with E-state index in [0.717, 1.165) is 0 Å². The molecule has 0 aromatic carbocycles. The molecule has 0 spiro atoms. The Morgan fingerprint density at radius 2 is 0.500 bits per heavy atom. The van der Waals surface area contributed by atoms with E-state index in [0.29, 0.717) is 0 Å². The zero-order valence-corrected chi connectivity index (χ0v) is 4.57. The van der Waals surface area contributed by atoms with Crippen LogP contribution in [0.4, 0.5) is 14.1 Å². The smallest absolute Gasteiger partial charge is 0 e. The minimum Gasteiger partial charge on any atom is -0.269 e. The molecule has 0 radical (unpaired) electrons. The average Bonchev–Trinajstić information content (AvgIpc) is 0. The van der Waals surface area contributed by atoms with Crippen molar-refractivity contribution < 1.29 is 35.2 Å². The van der Waals surface area contributed by atoms with Crippen molar-refractivity contribution in [1.82, 2.24) is 0 Å². The first-order valence-corrected chi connectivity index (χ1v) is 0. The van der Waals surface area contributed by atoms with Gasteiger partial charge in [-0.2, -0.15) is 0 Å². The summed E-state index contributed by atoms with van der Waals surface area (Å²) in [6, 6.07) is 0. The van der Waals surface area contributed by atoms with Gasteiger partial charge < -0.3 is 0 Å². The summed E-state index contributed by atoms with van der Waals surface area (Å²) in [5.74, 6) is 0. The van der Waals surface area contributed by atoms with E-state index in [1.165, 1.54) is 0 Å². The molecule has 30 valence electrons. The maximum atomic E-state index is 0. The normalized spacial score (nSPS) is 0. The molecule has 0 aromatic rings. The van der Waals surface area contributed by atoms with Crippen molar-refractivity contribution in [3.05, 3.63) is 0 Å². The van der Waals surface area contributed by atoms with Gasteiger partial charge in [0.25, 0.3) is 0 Å². The molecule has 0 atom stereocenters. The van der Waals surface area contributed by atoms with Crippen molar-refractivity contribution in [2.45, 2.75) is 0 Å². The molecule has 0 unspecified atom stereocenters. The first-order chi connectivity index (χ1) is 0. The zero-order valence-electron chi connectivity index (χ0n) is 1.63. The minimum absolute atomic E-state index is 0. The molecule has 0 saturated carbocycles. The van der Waals surface area contributed by atoms with Gasteiger partial charge in [0, 0.05) is 21.1 Å². The number of rotatable bonds is 0. The Kier molecular flexibility index (Phi) is 5530. The third-order valence-corrected chi connectivity index (χ3v) is 0. The third-order valence-electron chi connectivity index (χ3n) is 0. The Hall–Kier alpha value is 0.478. The Morgan fingerprint density at radius 3 is 0.500 bits per heavy atom. The van der Waals surface area contributed by atoms with Gasteiger partial charge in [0.05, 0.1) is 0 Å². The fourth-order valence-electron chi connectivity index (χ4n) is 0. The molecule has 0 fully saturated rings. The van der Waals surface area contributed by atoms with E-state index in [2.05, 4.69) is 0 Å². The van der Waals surface area contributed by atoms with E-state index >= 15 is 0 Å². The maximum Gasteiger partial charge on any atom is 0 e. The fraction of sp³-hybridized carbons (Fsp3) is 0.